The molecular formula is C14H22N2O. The smallest absolute Gasteiger partial charge is 0.123 e. The Hall–Kier alpha value is -1.06. The maximum absolute atomic E-state index is 5.74. The zero-order valence-corrected chi connectivity index (χ0v) is 10.6. The summed E-state index contributed by atoms with van der Waals surface area (Å²) in [6, 6.07) is 8.35. The van der Waals surface area contributed by atoms with E-state index in [4.69, 9.17) is 4.74 Å². The summed E-state index contributed by atoms with van der Waals surface area (Å²) in [5.74, 6) is 1.05. The standard InChI is InChI=1S/C14H22N2O/c1-2-7-15-8-9-16-10-11-17-14-6-4-3-5-13(14)12-16/h3-6,15H,2,7-12H2,1H3. The number of para-hydroxylation sites is 1. The Bertz CT molecular complexity index is 341. The van der Waals surface area contributed by atoms with Crippen LogP contribution in [0.3, 0.4) is 0 Å². The lowest BCUT2D eigenvalue weighted by atomic mass is 10.2. The van der Waals surface area contributed by atoms with Gasteiger partial charge in [0.05, 0.1) is 0 Å². The summed E-state index contributed by atoms with van der Waals surface area (Å²) in [6.07, 6.45) is 1.20. The summed E-state index contributed by atoms with van der Waals surface area (Å²) in [4.78, 5) is 2.45. The van der Waals surface area contributed by atoms with Gasteiger partial charge in [-0.25, -0.2) is 0 Å². The van der Waals surface area contributed by atoms with Gasteiger partial charge in [0.2, 0.25) is 0 Å². The van der Waals surface area contributed by atoms with Crippen LogP contribution in [-0.2, 0) is 6.54 Å². The Morgan fingerprint density at radius 1 is 1.29 bits per heavy atom. The first-order chi connectivity index (χ1) is 8.40. The quantitative estimate of drug-likeness (QED) is 0.787. The van der Waals surface area contributed by atoms with Crippen LogP contribution < -0.4 is 10.1 Å². The van der Waals surface area contributed by atoms with E-state index < -0.39 is 0 Å². The molecule has 0 atom stereocenters. The largest absolute Gasteiger partial charge is 0.492 e. The van der Waals surface area contributed by atoms with Gasteiger partial charge in [-0.05, 0) is 19.0 Å². The first-order valence-electron chi connectivity index (χ1n) is 6.54. The number of fused-ring (bicyclic) bond motifs is 1. The van der Waals surface area contributed by atoms with Crippen molar-refractivity contribution in [3.05, 3.63) is 29.8 Å². The Morgan fingerprint density at radius 3 is 3.06 bits per heavy atom. The molecule has 1 N–H and O–H groups in total. The summed E-state index contributed by atoms with van der Waals surface area (Å²) in [5, 5.41) is 3.44. The molecule has 0 unspecified atom stereocenters. The van der Waals surface area contributed by atoms with Gasteiger partial charge >= 0.3 is 0 Å². The predicted molar refractivity (Wildman–Crippen MR) is 70.4 cm³/mol. The van der Waals surface area contributed by atoms with Crippen molar-refractivity contribution >= 4 is 0 Å². The maximum Gasteiger partial charge on any atom is 0.123 e. The highest BCUT2D eigenvalue weighted by molar-refractivity contribution is 5.33. The molecule has 1 heterocycles. The third-order valence-corrected chi connectivity index (χ3v) is 3.06. The van der Waals surface area contributed by atoms with Gasteiger partial charge in [0.1, 0.15) is 12.4 Å². The molecule has 17 heavy (non-hydrogen) atoms. The number of nitrogens with one attached hydrogen (secondary N) is 1. The fourth-order valence-electron chi connectivity index (χ4n) is 2.11. The van der Waals surface area contributed by atoms with Crippen LogP contribution in [-0.4, -0.2) is 37.7 Å². The lowest BCUT2D eigenvalue weighted by Crippen LogP contribution is -2.33. The zero-order valence-electron chi connectivity index (χ0n) is 10.6. The third kappa shape index (κ3) is 3.72. The maximum atomic E-state index is 5.74. The van der Waals surface area contributed by atoms with Crippen molar-refractivity contribution in [2.24, 2.45) is 0 Å². The van der Waals surface area contributed by atoms with Crippen molar-refractivity contribution in [3.63, 3.8) is 0 Å². The molecule has 0 fully saturated rings. The van der Waals surface area contributed by atoms with Gasteiger partial charge in [-0.1, -0.05) is 25.1 Å². The minimum Gasteiger partial charge on any atom is -0.492 e. The molecule has 0 amide bonds. The van der Waals surface area contributed by atoms with Crippen molar-refractivity contribution in [3.8, 4) is 5.75 Å². The van der Waals surface area contributed by atoms with Crippen molar-refractivity contribution in [1.29, 1.82) is 0 Å². The fourth-order valence-corrected chi connectivity index (χ4v) is 2.11. The number of hydrogen-bond donors (Lipinski definition) is 1. The van der Waals surface area contributed by atoms with E-state index in [9.17, 15) is 0 Å². The molecule has 1 aromatic rings. The second kappa shape index (κ2) is 6.62. The van der Waals surface area contributed by atoms with Gasteiger partial charge in [0, 0.05) is 31.7 Å². The van der Waals surface area contributed by atoms with Crippen molar-refractivity contribution in [2.75, 3.05) is 32.8 Å². The molecule has 0 radical (unpaired) electrons. The van der Waals surface area contributed by atoms with Crippen LogP contribution in [0, 0.1) is 0 Å². The SMILES string of the molecule is CCCNCCN1CCOc2ccccc2C1. The second-order valence-corrected chi connectivity index (χ2v) is 4.48. The summed E-state index contributed by atoms with van der Waals surface area (Å²) >= 11 is 0. The molecule has 1 aliphatic heterocycles. The monoisotopic (exact) mass is 234 g/mol. The number of hydrogen-bond acceptors (Lipinski definition) is 3. The van der Waals surface area contributed by atoms with Gasteiger partial charge in [0.25, 0.3) is 0 Å². The van der Waals surface area contributed by atoms with Crippen LogP contribution in [0.25, 0.3) is 0 Å². The van der Waals surface area contributed by atoms with Gasteiger partial charge in [-0.2, -0.15) is 0 Å². The van der Waals surface area contributed by atoms with Crippen LogP contribution >= 0.6 is 0 Å². The molecule has 1 aromatic carbocycles. The van der Waals surface area contributed by atoms with E-state index in [1.165, 1.54) is 12.0 Å². The van der Waals surface area contributed by atoms with Gasteiger partial charge in [-0.15, -0.1) is 0 Å². The van der Waals surface area contributed by atoms with Gasteiger partial charge in [-0.3, -0.25) is 4.90 Å². The van der Waals surface area contributed by atoms with Crippen LogP contribution in [0.15, 0.2) is 24.3 Å². The van der Waals surface area contributed by atoms with Crippen LogP contribution in [0.4, 0.5) is 0 Å². The molecule has 1 aliphatic rings. The van der Waals surface area contributed by atoms with E-state index in [0.717, 1.165) is 45.1 Å². The number of ether oxygens (including phenoxy) is 1. The lowest BCUT2D eigenvalue weighted by molar-refractivity contribution is 0.226. The van der Waals surface area contributed by atoms with E-state index in [1.807, 2.05) is 6.07 Å². The molecule has 0 aromatic heterocycles. The molecule has 0 saturated carbocycles. The van der Waals surface area contributed by atoms with Crippen LogP contribution in [0.1, 0.15) is 18.9 Å². The molecular weight excluding hydrogens is 212 g/mol. The second-order valence-electron chi connectivity index (χ2n) is 4.48. The Labute approximate surface area is 104 Å². The molecule has 0 bridgehead atoms. The molecule has 0 spiro atoms. The topological polar surface area (TPSA) is 24.5 Å². The van der Waals surface area contributed by atoms with Gasteiger partial charge < -0.3 is 10.1 Å². The van der Waals surface area contributed by atoms with Gasteiger partial charge in [0.15, 0.2) is 0 Å². The van der Waals surface area contributed by atoms with Crippen LogP contribution in [0.5, 0.6) is 5.75 Å². The molecule has 0 saturated heterocycles. The third-order valence-electron chi connectivity index (χ3n) is 3.06. The Morgan fingerprint density at radius 2 is 2.18 bits per heavy atom. The van der Waals surface area contributed by atoms with E-state index in [1.54, 1.807) is 0 Å². The van der Waals surface area contributed by atoms with E-state index in [0.29, 0.717) is 0 Å². The first kappa shape index (κ1) is 12.4. The highest BCUT2D eigenvalue weighted by Gasteiger charge is 2.13. The number of rotatable bonds is 5. The lowest BCUT2D eigenvalue weighted by Gasteiger charge is -2.19. The fraction of sp³-hybridized carbons (Fsp3) is 0.571. The minimum atomic E-state index is 0.796. The minimum absolute atomic E-state index is 0.796. The molecule has 0 aliphatic carbocycles. The number of benzene rings is 1. The van der Waals surface area contributed by atoms with Crippen molar-refractivity contribution < 1.29 is 4.74 Å². The van der Waals surface area contributed by atoms with Crippen molar-refractivity contribution in [1.82, 2.24) is 10.2 Å². The average molecular weight is 234 g/mol. The molecule has 2 rings (SSSR count). The molecule has 3 nitrogen and oxygen atoms in total. The zero-order chi connectivity index (χ0) is 11.9. The normalized spacial score (nSPS) is 16.1. The highest BCUT2D eigenvalue weighted by Crippen LogP contribution is 2.21. The summed E-state index contributed by atoms with van der Waals surface area (Å²) < 4.78 is 5.74. The first-order valence-corrected chi connectivity index (χ1v) is 6.54. The van der Waals surface area contributed by atoms with Crippen LogP contribution in [0.2, 0.25) is 0 Å². The van der Waals surface area contributed by atoms with E-state index in [2.05, 4.69) is 35.3 Å². The Balaban J connectivity index is 1.85. The predicted octanol–water partition coefficient (Wildman–Crippen LogP) is 1.88. The summed E-state index contributed by atoms with van der Waals surface area (Å²) in [5.41, 5.74) is 1.31. The molecule has 94 valence electrons. The highest BCUT2D eigenvalue weighted by atomic mass is 16.5. The number of nitrogens with zero attached hydrogens (tertiary/aromatic N) is 1. The average Bonchev–Trinajstić information content (AvgIpc) is 2.56. The van der Waals surface area contributed by atoms with Crippen molar-refractivity contribution in [2.45, 2.75) is 19.9 Å². The summed E-state index contributed by atoms with van der Waals surface area (Å²) in [7, 11) is 0. The Kier molecular flexibility index (Phi) is 4.83. The molecule has 3 heteroatoms. The summed E-state index contributed by atoms with van der Waals surface area (Å²) in [6.45, 7) is 8.29. The van der Waals surface area contributed by atoms with E-state index >= 15 is 0 Å². The van der Waals surface area contributed by atoms with E-state index in [-0.39, 0.29) is 0 Å².